The number of esters is 1. The summed E-state index contributed by atoms with van der Waals surface area (Å²) >= 11 is 1.17. The van der Waals surface area contributed by atoms with Crippen molar-refractivity contribution in [1.82, 2.24) is 0 Å². The van der Waals surface area contributed by atoms with Gasteiger partial charge in [-0.2, -0.15) is 13.2 Å². The fourth-order valence-electron chi connectivity index (χ4n) is 1.62. The van der Waals surface area contributed by atoms with E-state index in [0.717, 1.165) is 4.88 Å². The number of hydrogen-bond acceptors (Lipinski definition) is 5. The van der Waals surface area contributed by atoms with E-state index in [1.54, 1.807) is 6.07 Å². The molecule has 1 amide bonds. The van der Waals surface area contributed by atoms with Gasteiger partial charge in [-0.05, 0) is 18.4 Å². The molecular weight excluding hydrogens is 347 g/mol. The van der Waals surface area contributed by atoms with Gasteiger partial charge in [0.2, 0.25) is 0 Å². The minimum atomic E-state index is -4.52. The van der Waals surface area contributed by atoms with Crippen molar-refractivity contribution in [3.63, 3.8) is 0 Å². The molecule has 136 valence electrons. The van der Waals surface area contributed by atoms with Crippen molar-refractivity contribution in [2.24, 2.45) is 0 Å². The van der Waals surface area contributed by atoms with Crippen LogP contribution in [0.3, 0.4) is 0 Å². The van der Waals surface area contributed by atoms with Crippen LogP contribution in [0.1, 0.15) is 42.9 Å². The van der Waals surface area contributed by atoms with Crippen molar-refractivity contribution in [2.45, 2.75) is 45.4 Å². The van der Waals surface area contributed by atoms with Gasteiger partial charge in [0.25, 0.3) is 5.91 Å². The minimum absolute atomic E-state index is 0.156. The standard InChI is InChI=1S/C15H20F3NO4S/c1-8(23-7-15(16,17)18)11(20)19-12-9(13(21)22-5)6-10(24-12)14(2,3)4/h6,8H,7H2,1-5H3,(H,19,20). The van der Waals surface area contributed by atoms with Gasteiger partial charge < -0.3 is 14.8 Å². The van der Waals surface area contributed by atoms with E-state index in [2.05, 4.69) is 14.8 Å². The molecule has 1 aromatic rings. The first-order valence-electron chi connectivity index (χ1n) is 7.07. The summed E-state index contributed by atoms with van der Waals surface area (Å²) in [6.45, 7) is 5.47. The van der Waals surface area contributed by atoms with E-state index in [1.807, 2.05) is 20.8 Å². The van der Waals surface area contributed by atoms with Crippen LogP contribution >= 0.6 is 11.3 Å². The molecule has 0 bridgehead atoms. The summed E-state index contributed by atoms with van der Waals surface area (Å²) in [6.07, 6.45) is -5.84. The molecule has 0 saturated heterocycles. The Kier molecular flexibility index (Phi) is 6.40. The SMILES string of the molecule is COC(=O)c1cc(C(C)(C)C)sc1NC(=O)C(C)OCC(F)(F)F. The highest BCUT2D eigenvalue weighted by Gasteiger charge is 2.31. The summed E-state index contributed by atoms with van der Waals surface area (Å²) < 4.78 is 45.6. The van der Waals surface area contributed by atoms with Crippen LogP contribution in [0.2, 0.25) is 0 Å². The zero-order valence-corrected chi connectivity index (χ0v) is 14.9. The second-order valence-electron chi connectivity index (χ2n) is 6.15. The molecule has 0 fully saturated rings. The highest BCUT2D eigenvalue weighted by Crippen LogP contribution is 2.36. The minimum Gasteiger partial charge on any atom is -0.465 e. The molecule has 1 N–H and O–H groups in total. The third-order valence-electron chi connectivity index (χ3n) is 2.98. The van der Waals surface area contributed by atoms with E-state index in [4.69, 9.17) is 0 Å². The molecule has 0 aliphatic rings. The van der Waals surface area contributed by atoms with Crippen LogP contribution in [0, 0.1) is 0 Å². The first-order chi connectivity index (χ1) is 10.8. The average Bonchev–Trinajstić information content (AvgIpc) is 2.86. The van der Waals surface area contributed by atoms with Crippen molar-refractivity contribution >= 4 is 28.2 Å². The molecule has 0 saturated carbocycles. The molecule has 24 heavy (non-hydrogen) atoms. The molecule has 5 nitrogen and oxygen atoms in total. The van der Waals surface area contributed by atoms with Gasteiger partial charge in [-0.15, -0.1) is 11.3 Å². The fraction of sp³-hybridized carbons (Fsp3) is 0.600. The summed E-state index contributed by atoms with van der Waals surface area (Å²) in [5.74, 6) is -1.41. The number of hydrogen-bond donors (Lipinski definition) is 1. The van der Waals surface area contributed by atoms with Gasteiger partial charge in [-0.1, -0.05) is 20.8 Å². The van der Waals surface area contributed by atoms with E-state index >= 15 is 0 Å². The molecule has 1 atom stereocenters. The number of ether oxygens (including phenoxy) is 2. The number of carbonyl (C=O) groups excluding carboxylic acids is 2. The van der Waals surface area contributed by atoms with E-state index in [0.29, 0.717) is 0 Å². The van der Waals surface area contributed by atoms with Crippen molar-refractivity contribution in [1.29, 1.82) is 0 Å². The third-order valence-corrected chi connectivity index (χ3v) is 4.46. The van der Waals surface area contributed by atoms with Gasteiger partial charge in [-0.25, -0.2) is 4.79 Å². The van der Waals surface area contributed by atoms with Crippen LogP contribution in [-0.2, 0) is 19.7 Å². The molecule has 0 spiro atoms. The van der Waals surface area contributed by atoms with E-state index in [9.17, 15) is 22.8 Å². The Morgan fingerprint density at radius 2 is 1.88 bits per heavy atom. The van der Waals surface area contributed by atoms with Crippen LogP contribution in [0.5, 0.6) is 0 Å². The van der Waals surface area contributed by atoms with Gasteiger partial charge >= 0.3 is 12.1 Å². The zero-order chi connectivity index (χ0) is 18.7. The van der Waals surface area contributed by atoms with E-state index in [1.165, 1.54) is 25.4 Å². The number of nitrogens with one attached hydrogen (secondary N) is 1. The van der Waals surface area contributed by atoms with Crippen LogP contribution in [-0.4, -0.2) is 37.9 Å². The van der Waals surface area contributed by atoms with Crippen LogP contribution < -0.4 is 5.32 Å². The molecule has 0 aliphatic heterocycles. The lowest BCUT2D eigenvalue weighted by atomic mass is 9.94. The Balaban J connectivity index is 2.94. The summed E-state index contributed by atoms with van der Waals surface area (Å²) in [6, 6.07) is 1.60. The Hall–Kier alpha value is -1.61. The molecule has 9 heteroatoms. The summed E-state index contributed by atoms with van der Waals surface area (Å²) in [7, 11) is 1.21. The van der Waals surface area contributed by atoms with Crippen LogP contribution in [0.4, 0.5) is 18.2 Å². The Labute approximate surface area is 142 Å². The molecule has 0 radical (unpaired) electrons. The Morgan fingerprint density at radius 3 is 2.33 bits per heavy atom. The molecule has 1 aromatic heterocycles. The number of halogens is 3. The molecule has 1 rings (SSSR count). The highest BCUT2D eigenvalue weighted by molar-refractivity contribution is 7.16. The third kappa shape index (κ3) is 5.79. The number of methoxy groups -OCH3 is 1. The van der Waals surface area contributed by atoms with Gasteiger partial charge in [0, 0.05) is 4.88 Å². The fourth-order valence-corrected chi connectivity index (χ4v) is 2.73. The highest BCUT2D eigenvalue weighted by atomic mass is 32.1. The van der Waals surface area contributed by atoms with E-state index in [-0.39, 0.29) is 16.0 Å². The maximum absolute atomic E-state index is 12.1. The number of carbonyl (C=O) groups is 2. The summed E-state index contributed by atoms with van der Waals surface area (Å²) in [5, 5.41) is 2.66. The molecular formula is C15H20F3NO4S. The van der Waals surface area contributed by atoms with Crippen molar-refractivity contribution in [3.8, 4) is 0 Å². The predicted molar refractivity (Wildman–Crippen MR) is 84.5 cm³/mol. The van der Waals surface area contributed by atoms with Gasteiger partial charge in [-0.3, -0.25) is 4.79 Å². The van der Waals surface area contributed by atoms with Crippen molar-refractivity contribution < 1.29 is 32.2 Å². The van der Waals surface area contributed by atoms with Gasteiger partial charge in [0.1, 0.15) is 17.7 Å². The average molecular weight is 367 g/mol. The molecule has 0 aliphatic carbocycles. The Morgan fingerprint density at radius 1 is 1.29 bits per heavy atom. The lowest BCUT2D eigenvalue weighted by Gasteiger charge is -2.15. The van der Waals surface area contributed by atoms with Crippen LogP contribution in [0.25, 0.3) is 0 Å². The number of anilines is 1. The monoisotopic (exact) mass is 367 g/mol. The number of thiophene rings is 1. The Bertz CT molecular complexity index is 605. The van der Waals surface area contributed by atoms with Crippen molar-refractivity contribution in [3.05, 3.63) is 16.5 Å². The summed E-state index contributed by atoms with van der Waals surface area (Å²) in [4.78, 5) is 24.7. The molecule has 1 unspecified atom stereocenters. The molecule has 0 aromatic carbocycles. The quantitative estimate of drug-likeness (QED) is 0.806. The first-order valence-corrected chi connectivity index (χ1v) is 7.88. The zero-order valence-electron chi connectivity index (χ0n) is 14.0. The van der Waals surface area contributed by atoms with Gasteiger partial charge in [0.05, 0.1) is 12.7 Å². The second-order valence-corrected chi connectivity index (χ2v) is 7.20. The maximum Gasteiger partial charge on any atom is 0.411 e. The number of alkyl halides is 3. The summed E-state index contributed by atoms with van der Waals surface area (Å²) in [5.41, 5.74) is -0.113. The predicted octanol–water partition coefficient (Wildman–Crippen LogP) is 3.74. The maximum atomic E-state index is 12.1. The smallest absolute Gasteiger partial charge is 0.411 e. The van der Waals surface area contributed by atoms with Gasteiger partial charge in [0.15, 0.2) is 0 Å². The van der Waals surface area contributed by atoms with Crippen molar-refractivity contribution in [2.75, 3.05) is 19.0 Å². The topological polar surface area (TPSA) is 64.6 Å². The first kappa shape index (κ1) is 20.4. The number of amides is 1. The molecule has 1 heterocycles. The van der Waals surface area contributed by atoms with Crippen LogP contribution in [0.15, 0.2) is 6.07 Å². The largest absolute Gasteiger partial charge is 0.465 e. The lowest BCUT2D eigenvalue weighted by Crippen LogP contribution is -2.31. The second kappa shape index (κ2) is 7.52. The normalized spacial score (nSPS) is 13.5. The number of rotatable bonds is 5. The van der Waals surface area contributed by atoms with E-state index < -0.39 is 30.8 Å². The lowest BCUT2D eigenvalue weighted by molar-refractivity contribution is -0.184.